The monoisotopic (exact) mass is 470 g/mol. The number of ketones is 1. The number of hydrogen-bond donors (Lipinski definition) is 3. The summed E-state index contributed by atoms with van der Waals surface area (Å²) in [4.78, 5) is 13.7. The molecule has 0 aromatic heterocycles. The number of anilines is 2. The number of fused-ring (bicyclic) bond motifs is 1. The summed E-state index contributed by atoms with van der Waals surface area (Å²) in [6, 6.07) is 20.8. The van der Waals surface area contributed by atoms with Crippen molar-refractivity contribution in [2.45, 2.75) is 44.8 Å². The summed E-state index contributed by atoms with van der Waals surface area (Å²) in [5, 5.41) is 18.0. The molecule has 0 spiro atoms. The zero-order valence-corrected chi connectivity index (χ0v) is 20.2. The molecule has 5 rings (SSSR count). The second-order valence-corrected chi connectivity index (χ2v) is 9.30. The average Bonchev–Trinajstić information content (AvgIpc) is 3.01. The van der Waals surface area contributed by atoms with E-state index in [1.54, 1.807) is 6.07 Å². The third-order valence-electron chi connectivity index (χ3n) is 6.59. The third kappa shape index (κ3) is 4.44. The summed E-state index contributed by atoms with van der Waals surface area (Å²) in [6.45, 7) is 4.00. The van der Waals surface area contributed by atoms with E-state index >= 15 is 0 Å². The summed E-state index contributed by atoms with van der Waals surface area (Å²) in [7, 11) is 1.52. The highest BCUT2D eigenvalue weighted by molar-refractivity contribution is 6.01. The Hall–Kier alpha value is -3.93. The van der Waals surface area contributed by atoms with Gasteiger partial charge in [-0.05, 0) is 62.1 Å². The van der Waals surface area contributed by atoms with E-state index in [4.69, 9.17) is 9.47 Å². The molecule has 1 heterocycles. The van der Waals surface area contributed by atoms with E-state index in [9.17, 15) is 9.90 Å². The van der Waals surface area contributed by atoms with Crippen molar-refractivity contribution in [1.29, 1.82) is 0 Å². The Morgan fingerprint density at radius 3 is 2.40 bits per heavy atom. The van der Waals surface area contributed by atoms with Gasteiger partial charge in [-0.25, -0.2) is 0 Å². The van der Waals surface area contributed by atoms with E-state index in [1.165, 1.54) is 7.11 Å². The van der Waals surface area contributed by atoms with Crippen molar-refractivity contribution in [2.24, 2.45) is 0 Å². The molecule has 2 unspecified atom stereocenters. The van der Waals surface area contributed by atoms with E-state index in [0.717, 1.165) is 28.4 Å². The number of hydrogen-bond acceptors (Lipinski definition) is 6. The highest BCUT2D eigenvalue weighted by Gasteiger charge is 2.37. The number of carbonyl (C=O) groups excluding carboxylic acids is 1. The van der Waals surface area contributed by atoms with Crippen molar-refractivity contribution in [2.75, 3.05) is 17.7 Å². The number of phenols is 1. The molecule has 0 saturated heterocycles. The summed E-state index contributed by atoms with van der Waals surface area (Å²) >= 11 is 0. The lowest BCUT2D eigenvalue weighted by Gasteiger charge is -2.30. The quantitative estimate of drug-likeness (QED) is 0.414. The zero-order valence-electron chi connectivity index (χ0n) is 20.2. The molecule has 3 aromatic rings. The molecule has 2 atom stereocenters. The average molecular weight is 471 g/mol. The van der Waals surface area contributed by atoms with Crippen LogP contribution < -0.4 is 20.1 Å². The van der Waals surface area contributed by atoms with Crippen LogP contribution in [0.4, 0.5) is 11.4 Å². The third-order valence-corrected chi connectivity index (χ3v) is 6.59. The minimum absolute atomic E-state index is 0.0365. The number of methoxy groups -OCH3 is 1. The van der Waals surface area contributed by atoms with Crippen LogP contribution in [0.1, 0.15) is 49.8 Å². The number of benzene rings is 3. The van der Waals surface area contributed by atoms with Crippen molar-refractivity contribution in [1.82, 2.24) is 0 Å². The second-order valence-electron chi connectivity index (χ2n) is 9.30. The smallest absolute Gasteiger partial charge is 0.163 e. The molecule has 3 N–H and O–H groups in total. The Balaban J connectivity index is 1.55. The summed E-state index contributed by atoms with van der Waals surface area (Å²) < 4.78 is 11.1. The number of Topliss-reactive ketones (excluding diaryl/α,β-unsaturated/α-hetero) is 1. The largest absolute Gasteiger partial charge is 0.504 e. The van der Waals surface area contributed by atoms with E-state index in [1.807, 2.05) is 62.4 Å². The van der Waals surface area contributed by atoms with Gasteiger partial charge in [0.05, 0.1) is 30.6 Å². The van der Waals surface area contributed by atoms with Crippen LogP contribution in [0.5, 0.6) is 17.2 Å². The topological polar surface area (TPSA) is 79.8 Å². The first-order chi connectivity index (χ1) is 16.9. The van der Waals surface area contributed by atoms with Crippen LogP contribution in [0.3, 0.4) is 0 Å². The number of phenolic OH excluding ortho intramolecular Hbond substituents is 1. The van der Waals surface area contributed by atoms with Crippen molar-refractivity contribution in [3.8, 4) is 17.2 Å². The van der Waals surface area contributed by atoms with Gasteiger partial charge in [-0.1, -0.05) is 36.4 Å². The van der Waals surface area contributed by atoms with E-state index in [-0.39, 0.29) is 23.6 Å². The van der Waals surface area contributed by atoms with Crippen LogP contribution in [0.25, 0.3) is 0 Å². The van der Waals surface area contributed by atoms with Gasteiger partial charge in [0.2, 0.25) is 0 Å². The first kappa shape index (κ1) is 22.8. The number of nitrogens with one attached hydrogen (secondary N) is 2. The fourth-order valence-corrected chi connectivity index (χ4v) is 4.99. The van der Waals surface area contributed by atoms with Gasteiger partial charge in [0.1, 0.15) is 5.75 Å². The lowest BCUT2D eigenvalue weighted by molar-refractivity contribution is -0.116. The van der Waals surface area contributed by atoms with Crippen LogP contribution in [0.15, 0.2) is 78.0 Å². The molecular weight excluding hydrogens is 440 g/mol. The molecule has 0 amide bonds. The highest BCUT2D eigenvalue weighted by atomic mass is 16.5. The highest BCUT2D eigenvalue weighted by Crippen LogP contribution is 2.47. The number of carbonyl (C=O) groups is 1. The van der Waals surface area contributed by atoms with Gasteiger partial charge in [0.25, 0.3) is 0 Å². The van der Waals surface area contributed by atoms with E-state index in [0.29, 0.717) is 29.7 Å². The minimum atomic E-state index is -0.508. The van der Waals surface area contributed by atoms with Gasteiger partial charge in [-0.2, -0.15) is 0 Å². The molecule has 6 heteroatoms. The molecule has 35 heavy (non-hydrogen) atoms. The summed E-state index contributed by atoms with van der Waals surface area (Å²) in [5.41, 5.74) is 5.01. The Bertz CT molecular complexity index is 1280. The predicted molar refractivity (Wildman–Crippen MR) is 137 cm³/mol. The van der Waals surface area contributed by atoms with E-state index in [2.05, 4.69) is 22.8 Å². The SMILES string of the molecule is COc1cccc(C2Nc3ccccc3NC3=C2C(=O)CC(c2ccc(OC(C)C)cc2)C3)c1O. The van der Waals surface area contributed by atoms with Crippen molar-refractivity contribution < 1.29 is 19.4 Å². The molecule has 3 aromatic carbocycles. The first-order valence-corrected chi connectivity index (χ1v) is 12.0. The first-order valence-electron chi connectivity index (χ1n) is 12.0. The number of para-hydroxylation sites is 3. The van der Waals surface area contributed by atoms with Crippen LogP contribution in [0.2, 0.25) is 0 Å². The fourth-order valence-electron chi connectivity index (χ4n) is 4.99. The molecule has 180 valence electrons. The van der Waals surface area contributed by atoms with Crippen molar-refractivity contribution in [3.63, 3.8) is 0 Å². The Morgan fingerprint density at radius 1 is 0.943 bits per heavy atom. The predicted octanol–water partition coefficient (Wildman–Crippen LogP) is 6.17. The lowest BCUT2D eigenvalue weighted by atomic mass is 9.78. The molecule has 6 nitrogen and oxygen atoms in total. The number of ether oxygens (including phenoxy) is 2. The zero-order chi connectivity index (χ0) is 24.5. The van der Waals surface area contributed by atoms with Gasteiger partial charge in [0.15, 0.2) is 17.3 Å². The minimum Gasteiger partial charge on any atom is -0.504 e. The maximum Gasteiger partial charge on any atom is 0.163 e. The van der Waals surface area contributed by atoms with Gasteiger partial charge >= 0.3 is 0 Å². The van der Waals surface area contributed by atoms with Gasteiger partial charge in [0, 0.05) is 23.3 Å². The van der Waals surface area contributed by atoms with Crippen LogP contribution >= 0.6 is 0 Å². The second kappa shape index (κ2) is 9.37. The standard InChI is InChI=1S/C29H30N2O4/c1-17(2)35-20-13-11-18(12-14-20)19-15-24-27(25(32)16-19)28(21-7-6-10-26(34-3)29(21)33)31-23-9-5-4-8-22(23)30-24/h4-14,17,19,28,30-31,33H,15-16H2,1-3H3. The fraction of sp³-hybridized carbons (Fsp3) is 0.276. The van der Waals surface area contributed by atoms with Crippen LogP contribution in [-0.4, -0.2) is 24.1 Å². The molecule has 0 bridgehead atoms. The molecule has 1 aliphatic carbocycles. The molecule has 2 aliphatic rings. The normalized spacial score (nSPS) is 19.3. The number of allylic oxidation sites excluding steroid dienone is 1. The Kier molecular flexibility index (Phi) is 6.12. The molecule has 0 saturated carbocycles. The van der Waals surface area contributed by atoms with Gasteiger partial charge in [-0.15, -0.1) is 0 Å². The van der Waals surface area contributed by atoms with Gasteiger partial charge < -0.3 is 25.2 Å². The maximum atomic E-state index is 13.7. The van der Waals surface area contributed by atoms with Crippen molar-refractivity contribution >= 4 is 17.2 Å². The molecular formula is C29H30N2O4. The van der Waals surface area contributed by atoms with Crippen molar-refractivity contribution in [3.05, 3.63) is 89.1 Å². The lowest BCUT2D eigenvalue weighted by Crippen LogP contribution is -2.27. The maximum absolute atomic E-state index is 13.7. The Morgan fingerprint density at radius 2 is 1.69 bits per heavy atom. The molecule has 0 fully saturated rings. The van der Waals surface area contributed by atoms with E-state index < -0.39 is 6.04 Å². The number of aromatic hydroxyl groups is 1. The number of rotatable bonds is 5. The van der Waals surface area contributed by atoms with Crippen LogP contribution in [-0.2, 0) is 4.79 Å². The van der Waals surface area contributed by atoms with Gasteiger partial charge in [-0.3, -0.25) is 4.79 Å². The van der Waals surface area contributed by atoms with Crippen LogP contribution in [0, 0.1) is 0 Å². The Labute approximate surface area is 205 Å². The summed E-state index contributed by atoms with van der Waals surface area (Å²) in [5.74, 6) is 1.34. The molecule has 0 radical (unpaired) electrons. The molecule has 1 aliphatic heterocycles. The summed E-state index contributed by atoms with van der Waals surface area (Å²) in [6.07, 6.45) is 1.19.